The molecule has 4 aromatic rings. The number of anilines is 1. The molecule has 4 rings (SSSR count). The van der Waals surface area contributed by atoms with Gasteiger partial charge in [-0.3, -0.25) is 0 Å². The molecule has 0 spiro atoms. The van der Waals surface area contributed by atoms with E-state index in [2.05, 4.69) is 4.98 Å². The fourth-order valence-corrected chi connectivity index (χ4v) is 3.42. The molecule has 0 aliphatic carbocycles. The van der Waals surface area contributed by atoms with E-state index in [9.17, 15) is 4.79 Å². The van der Waals surface area contributed by atoms with Crippen LogP contribution in [-0.4, -0.2) is 4.98 Å². The van der Waals surface area contributed by atoms with Crippen molar-refractivity contribution in [1.29, 1.82) is 0 Å². The average molecular weight is 364 g/mol. The first kappa shape index (κ1) is 16.4. The molecular formula is C20H16N2O3S. The molecule has 2 N–H and O–H groups in total. The minimum atomic E-state index is -0.344. The average Bonchev–Trinajstić information content (AvgIpc) is 3.11. The normalized spacial score (nSPS) is 11.0. The zero-order valence-corrected chi connectivity index (χ0v) is 14.9. The van der Waals surface area contributed by atoms with Gasteiger partial charge in [0.25, 0.3) is 5.19 Å². The number of ether oxygens (including phenoxy) is 1. The molecule has 2 aromatic heterocycles. The fraction of sp³-hybridized carbons (Fsp3) is 0.100. The second-order valence-corrected chi connectivity index (χ2v) is 6.83. The highest BCUT2D eigenvalue weighted by Crippen LogP contribution is 2.29. The summed E-state index contributed by atoms with van der Waals surface area (Å²) in [5, 5.41) is 3.26. The third kappa shape index (κ3) is 3.19. The summed E-state index contributed by atoms with van der Waals surface area (Å²) in [7, 11) is 0. The van der Waals surface area contributed by atoms with Gasteiger partial charge < -0.3 is 14.9 Å². The molecule has 0 aliphatic heterocycles. The van der Waals surface area contributed by atoms with Crippen LogP contribution in [0.4, 0.5) is 5.69 Å². The van der Waals surface area contributed by atoms with E-state index < -0.39 is 0 Å². The Hall–Kier alpha value is -3.12. The molecule has 2 aromatic carbocycles. The largest absolute Gasteiger partial charge is 0.431 e. The SMILES string of the molecule is Cc1c(Cc2cccc(N)c2)c(=O)oc2cc(Oc3nccs3)ccc12. The number of fused-ring (bicyclic) bond motifs is 1. The molecule has 26 heavy (non-hydrogen) atoms. The van der Waals surface area contributed by atoms with Gasteiger partial charge >= 0.3 is 5.63 Å². The number of nitrogens with two attached hydrogens (primary N) is 1. The number of nitrogen functional groups attached to an aromatic ring is 1. The molecule has 0 unspecified atom stereocenters. The van der Waals surface area contributed by atoms with Crippen molar-refractivity contribution in [3.63, 3.8) is 0 Å². The van der Waals surface area contributed by atoms with Crippen LogP contribution in [0, 0.1) is 6.92 Å². The molecule has 0 bridgehead atoms. The fourth-order valence-electron chi connectivity index (χ4n) is 2.91. The Morgan fingerprint density at radius 2 is 2.12 bits per heavy atom. The summed E-state index contributed by atoms with van der Waals surface area (Å²) >= 11 is 1.40. The van der Waals surface area contributed by atoms with E-state index in [4.69, 9.17) is 14.9 Å². The summed E-state index contributed by atoms with van der Waals surface area (Å²) in [4.78, 5) is 16.6. The predicted octanol–water partition coefficient (Wildman–Crippen LogP) is 4.52. The Morgan fingerprint density at radius 3 is 2.88 bits per heavy atom. The zero-order chi connectivity index (χ0) is 18.1. The molecule has 0 fully saturated rings. The van der Waals surface area contributed by atoms with Crippen LogP contribution in [0.15, 0.2) is 63.3 Å². The Kier molecular flexibility index (Phi) is 4.18. The van der Waals surface area contributed by atoms with Gasteiger partial charge in [0.15, 0.2) is 0 Å². The van der Waals surface area contributed by atoms with Crippen LogP contribution in [0.3, 0.4) is 0 Å². The third-order valence-electron chi connectivity index (χ3n) is 4.21. The quantitative estimate of drug-likeness (QED) is 0.425. The highest BCUT2D eigenvalue weighted by Gasteiger charge is 2.13. The van der Waals surface area contributed by atoms with Crippen molar-refractivity contribution < 1.29 is 9.15 Å². The monoisotopic (exact) mass is 364 g/mol. The molecule has 5 nitrogen and oxygen atoms in total. The van der Waals surface area contributed by atoms with Crippen LogP contribution in [0.1, 0.15) is 16.7 Å². The lowest BCUT2D eigenvalue weighted by Crippen LogP contribution is -2.11. The van der Waals surface area contributed by atoms with Gasteiger partial charge in [-0.15, -0.1) is 0 Å². The lowest BCUT2D eigenvalue weighted by molar-refractivity contribution is 0.476. The summed E-state index contributed by atoms with van der Waals surface area (Å²) < 4.78 is 11.2. The lowest BCUT2D eigenvalue weighted by atomic mass is 9.99. The number of hydrogen-bond donors (Lipinski definition) is 1. The molecule has 0 saturated heterocycles. The van der Waals surface area contributed by atoms with Crippen LogP contribution in [0.2, 0.25) is 0 Å². The van der Waals surface area contributed by atoms with E-state index in [1.807, 2.05) is 48.7 Å². The Morgan fingerprint density at radius 1 is 1.23 bits per heavy atom. The van der Waals surface area contributed by atoms with Gasteiger partial charge in [0, 0.05) is 40.7 Å². The van der Waals surface area contributed by atoms with Crippen LogP contribution in [-0.2, 0) is 6.42 Å². The minimum Gasteiger partial charge on any atom is -0.431 e. The Bertz CT molecular complexity index is 1130. The summed E-state index contributed by atoms with van der Waals surface area (Å²) in [5.74, 6) is 0.582. The first-order valence-electron chi connectivity index (χ1n) is 8.08. The van der Waals surface area contributed by atoms with E-state index in [-0.39, 0.29) is 5.63 Å². The first-order chi connectivity index (χ1) is 12.6. The van der Waals surface area contributed by atoms with Gasteiger partial charge in [0.2, 0.25) is 0 Å². The van der Waals surface area contributed by atoms with E-state index in [1.54, 1.807) is 12.3 Å². The second-order valence-electron chi connectivity index (χ2n) is 5.97. The number of aryl methyl sites for hydroxylation is 1. The van der Waals surface area contributed by atoms with Crippen molar-refractivity contribution in [2.75, 3.05) is 5.73 Å². The summed E-state index contributed by atoms with van der Waals surface area (Å²) in [5.41, 5.74) is 9.17. The highest BCUT2D eigenvalue weighted by molar-refractivity contribution is 7.11. The van der Waals surface area contributed by atoms with Crippen LogP contribution in [0.5, 0.6) is 10.9 Å². The van der Waals surface area contributed by atoms with Gasteiger partial charge in [-0.2, -0.15) is 0 Å². The standard InChI is InChI=1S/C20H16N2O3S/c1-12-16-6-5-15(24-20-22-7-8-26-20)11-18(16)25-19(23)17(12)10-13-3-2-4-14(21)9-13/h2-9,11H,10,21H2,1H3. The topological polar surface area (TPSA) is 78.4 Å². The summed E-state index contributed by atoms with van der Waals surface area (Å²) in [6.07, 6.45) is 2.15. The van der Waals surface area contributed by atoms with Crippen molar-refractivity contribution in [2.24, 2.45) is 0 Å². The second kappa shape index (κ2) is 6.65. The number of benzene rings is 2. The van der Waals surface area contributed by atoms with E-state index in [0.29, 0.717) is 34.2 Å². The van der Waals surface area contributed by atoms with Gasteiger partial charge in [-0.25, -0.2) is 9.78 Å². The predicted molar refractivity (Wildman–Crippen MR) is 103 cm³/mol. The van der Waals surface area contributed by atoms with Crippen molar-refractivity contribution >= 4 is 28.0 Å². The number of aromatic nitrogens is 1. The van der Waals surface area contributed by atoms with Crippen LogP contribution >= 0.6 is 11.3 Å². The Balaban J connectivity index is 1.73. The molecule has 0 aliphatic rings. The molecule has 0 radical (unpaired) electrons. The number of thiazole rings is 1. The first-order valence-corrected chi connectivity index (χ1v) is 8.96. The van der Waals surface area contributed by atoms with E-state index in [0.717, 1.165) is 16.5 Å². The van der Waals surface area contributed by atoms with Crippen molar-refractivity contribution in [3.8, 4) is 10.9 Å². The summed E-state index contributed by atoms with van der Waals surface area (Å²) in [6.45, 7) is 1.93. The lowest BCUT2D eigenvalue weighted by Gasteiger charge is -2.09. The van der Waals surface area contributed by atoms with Crippen LogP contribution < -0.4 is 16.1 Å². The zero-order valence-electron chi connectivity index (χ0n) is 14.1. The van der Waals surface area contributed by atoms with E-state index in [1.165, 1.54) is 11.3 Å². The number of hydrogen-bond acceptors (Lipinski definition) is 6. The smallest absolute Gasteiger partial charge is 0.340 e. The third-order valence-corrected chi connectivity index (χ3v) is 4.85. The number of nitrogens with zero attached hydrogens (tertiary/aromatic N) is 1. The summed E-state index contributed by atoms with van der Waals surface area (Å²) in [6, 6.07) is 13.0. The number of rotatable bonds is 4. The van der Waals surface area contributed by atoms with Crippen molar-refractivity contribution in [2.45, 2.75) is 13.3 Å². The minimum absolute atomic E-state index is 0.344. The van der Waals surface area contributed by atoms with Gasteiger partial charge in [-0.1, -0.05) is 23.5 Å². The van der Waals surface area contributed by atoms with Crippen molar-refractivity contribution in [3.05, 3.63) is 81.2 Å². The molecule has 0 amide bonds. The van der Waals surface area contributed by atoms with Crippen molar-refractivity contribution in [1.82, 2.24) is 4.98 Å². The molecule has 6 heteroatoms. The van der Waals surface area contributed by atoms with Gasteiger partial charge in [-0.05, 0) is 42.3 Å². The molecule has 0 atom stereocenters. The molecule has 2 heterocycles. The molecular weight excluding hydrogens is 348 g/mol. The maximum absolute atomic E-state index is 12.5. The van der Waals surface area contributed by atoms with Gasteiger partial charge in [0.05, 0.1) is 0 Å². The highest BCUT2D eigenvalue weighted by atomic mass is 32.1. The van der Waals surface area contributed by atoms with E-state index >= 15 is 0 Å². The molecule has 0 saturated carbocycles. The van der Waals surface area contributed by atoms with Crippen LogP contribution in [0.25, 0.3) is 11.0 Å². The maximum atomic E-state index is 12.5. The molecule has 130 valence electrons. The Labute approximate surface area is 153 Å². The van der Waals surface area contributed by atoms with Gasteiger partial charge in [0.1, 0.15) is 11.3 Å². The maximum Gasteiger partial charge on any atom is 0.340 e.